The highest BCUT2D eigenvalue weighted by Crippen LogP contribution is 2.45. The van der Waals surface area contributed by atoms with Crippen molar-refractivity contribution in [1.82, 2.24) is 4.57 Å². The monoisotopic (exact) mass is 804 g/mol. The number of allylic oxidation sites excluding steroid dienone is 2. The second kappa shape index (κ2) is 14.9. The van der Waals surface area contributed by atoms with Crippen LogP contribution >= 0.6 is 0 Å². The molecule has 63 heavy (non-hydrogen) atoms. The molecule has 0 saturated carbocycles. The molecule has 2 nitrogen and oxygen atoms in total. The molecular formula is C61H44N2. The Morgan fingerprint density at radius 2 is 1.05 bits per heavy atom. The Kier molecular flexibility index (Phi) is 8.72. The summed E-state index contributed by atoms with van der Waals surface area (Å²) in [6, 6.07) is 80.1. The van der Waals surface area contributed by atoms with E-state index in [0.29, 0.717) is 0 Å². The summed E-state index contributed by atoms with van der Waals surface area (Å²) in [5.41, 5.74) is 12.8. The highest BCUT2D eigenvalue weighted by atomic mass is 15.2. The standard InChI is InChI=1S/C61H44N2/c1-61(36-14-22-50(41-61)56-26-13-27-58-60(56)57-39-47-18-8-9-19-48(47)40-59(57)62(58)51-23-6-3-7-24-51)63(53-34-35-55-49(38-53)29-28-44-17-10-11-25-54(44)55)52-32-30-43(31-33-52)46-21-12-20-45(37-46)42-15-4-2-5-16-42/h2-35,37-41H,36H2,1H3. The van der Waals surface area contributed by atoms with Crippen LogP contribution in [0.25, 0.3) is 87.6 Å². The summed E-state index contributed by atoms with van der Waals surface area (Å²) in [5.74, 6) is 0. The number of aromatic nitrogens is 1. The van der Waals surface area contributed by atoms with E-state index in [-0.39, 0.29) is 0 Å². The minimum Gasteiger partial charge on any atom is -0.332 e. The lowest BCUT2D eigenvalue weighted by Crippen LogP contribution is -2.42. The zero-order valence-electron chi connectivity index (χ0n) is 35.1. The zero-order valence-corrected chi connectivity index (χ0v) is 35.1. The molecule has 11 aromatic rings. The molecule has 0 aliphatic heterocycles. The van der Waals surface area contributed by atoms with Gasteiger partial charge in [0.1, 0.15) is 0 Å². The number of fused-ring (bicyclic) bond motifs is 7. The van der Waals surface area contributed by atoms with Crippen LogP contribution in [0.3, 0.4) is 0 Å². The van der Waals surface area contributed by atoms with Crippen molar-refractivity contribution in [2.75, 3.05) is 4.90 Å². The number of hydrogen-bond acceptors (Lipinski definition) is 1. The normalized spacial score (nSPS) is 15.1. The van der Waals surface area contributed by atoms with E-state index in [1.54, 1.807) is 0 Å². The Morgan fingerprint density at radius 1 is 0.429 bits per heavy atom. The molecule has 1 heterocycles. The summed E-state index contributed by atoms with van der Waals surface area (Å²) in [4.78, 5) is 2.57. The van der Waals surface area contributed by atoms with Crippen molar-refractivity contribution in [3.8, 4) is 27.9 Å². The average Bonchev–Trinajstić information content (AvgIpc) is 3.67. The van der Waals surface area contributed by atoms with Crippen LogP contribution in [0.5, 0.6) is 0 Å². The first-order chi connectivity index (χ1) is 31.1. The van der Waals surface area contributed by atoms with Gasteiger partial charge in [-0.3, -0.25) is 0 Å². The summed E-state index contributed by atoms with van der Waals surface area (Å²) in [6.07, 6.45) is 8.09. The fourth-order valence-corrected chi connectivity index (χ4v) is 10.2. The number of nitrogens with zero attached hydrogens (tertiary/aromatic N) is 2. The van der Waals surface area contributed by atoms with E-state index in [4.69, 9.17) is 0 Å². The third kappa shape index (κ3) is 6.34. The van der Waals surface area contributed by atoms with Crippen molar-refractivity contribution in [2.24, 2.45) is 0 Å². The van der Waals surface area contributed by atoms with Crippen molar-refractivity contribution >= 4 is 71.1 Å². The van der Waals surface area contributed by atoms with E-state index in [0.717, 1.165) is 23.5 Å². The zero-order chi connectivity index (χ0) is 41.9. The van der Waals surface area contributed by atoms with E-state index in [9.17, 15) is 0 Å². The van der Waals surface area contributed by atoms with Crippen LogP contribution in [-0.2, 0) is 0 Å². The summed E-state index contributed by atoms with van der Waals surface area (Å²) in [5, 5.41) is 10.1. The highest BCUT2D eigenvalue weighted by molar-refractivity contribution is 6.17. The SMILES string of the molecule is CC1(N(c2ccc(-c3cccc(-c4ccccc4)c3)cc2)c2ccc3c(ccc4ccccc43)c2)C=C(c2cccc3c2c2cc4ccccc4cc2n3-c2ccccc2)C=CC1. The molecule has 0 bridgehead atoms. The minimum atomic E-state index is -0.407. The molecule has 10 aromatic carbocycles. The van der Waals surface area contributed by atoms with Crippen molar-refractivity contribution < 1.29 is 0 Å². The number of benzene rings is 10. The second-order valence-corrected chi connectivity index (χ2v) is 17.2. The Morgan fingerprint density at radius 3 is 1.84 bits per heavy atom. The van der Waals surface area contributed by atoms with Crippen LogP contribution < -0.4 is 4.90 Å². The van der Waals surface area contributed by atoms with Gasteiger partial charge in [0.05, 0.1) is 16.6 Å². The van der Waals surface area contributed by atoms with Gasteiger partial charge in [-0.1, -0.05) is 176 Å². The maximum absolute atomic E-state index is 2.57. The van der Waals surface area contributed by atoms with E-state index < -0.39 is 5.54 Å². The molecule has 1 aliphatic rings. The van der Waals surface area contributed by atoms with Crippen LogP contribution in [0.2, 0.25) is 0 Å². The van der Waals surface area contributed by atoms with Gasteiger partial charge in [0.15, 0.2) is 0 Å². The highest BCUT2D eigenvalue weighted by Gasteiger charge is 2.34. The Hall–Kier alpha value is -7.94. The van der Waals surface area contributed by atoms with Gasteiger partial charge in [0.2, 0.25) is 0 Å². The van der Waals surface area contributed by atoms with Gasteiger partial charge in [-0.2, -0.15) is 0 Å². The molecule has 0 N–H and O–H groups in total. The van der Waals surface area contributed by atoms with E-state index in [2.05, 4.69) is 253 Å². The molecule has 2 heteroatoms. The van der Waals surface area contributed by atoms with Crippen LogP contribution in [0.1, 0.15) is 18.9 Å². The first kappa shape index (κ1) is 36.9. The van der Waals surface area contributed by atoms with Gasteiger partial charge in [-0.15, -0.1) is 0 Å². The van der Waals surface area contributed by atoms with Gasteiger partial charge in [0, 0.05) is 27.8 Å². The number of anilines is 2. The fraction of sp³-hybridized carbons (Fsp3) is 0.0492. The summed E-state index contributed by atoms with van der Waals surface area (Å²) < 4.78 is 2.44. The summed E-state index contributed by atoms with van der Waals surface area (Å²) >= 11 is 0. The van der Waals surface area contributed by atoms with E-state index in [1.807, 2.05) is 0 Å². The van der Waals surface area contributed by atoms with Crippen molar-refractivity contribution in [3.05, 3.63) is 242 Å². The van der Waals surface area contributed by atoms with Gasteiger partial charge < -0.3 is 9.47 Å². The molecular weight excluding hydrogens is 761 g/mol. The quantitative estimate of drug-likeness (QED) is 0.146. The number of hydrogen-bond donors (Lipinski definition) is 0. The molecule has 298 valence electrons. The van der Waals surface area contributed by atoms with Gasteiger partial charge in [-0.05, 0) is 140 Å². The van der Waals surface area contributed by atoms with E-state index >= 15 is 0 Å². The first-order valence-corrected chi connectivity index (χ1v) is 22.0. The van der Waals surface area contributed by atoms with Crippen LogP contribution in [-0.4, -0.2) is 10.1 Å². The molecule has 0 fully saturated rings. The third-order valence-corrected chi connectivity index (χ3v) is 13.2. The van der Waals surface area contributed by atoms with Gasteiger partial charge in [-0.25, -0.2) is 0 Å². The molecule has 0 amide bonds. The van der Waals surface area contributed by atoms with Crippen molar-refractivity contribution in [1.29, 1.82) is 0 Å². The van der Waals surface area contributed by atoms with Gasteiger partial charge in [0.25, 0.3) is 0 Å². The molecule has 0 spiro atoms. The maximum atomic E-state index is 2.57. The Labute approximate surface area is 367 Å². The summed E-state index contributed by atoms with van der Waals surface area (Å²) in [6.45, 7) is 2.40. The van der Waals surface area contributed by atoms with Crippen LogP contribution in [0.4, 0.5) is 11.4 Å². The molecule has 0 radical (unpaired) electrons. The van der Waals surface area contributed by atoms with E-state index in [1.165, 1.54) is 87.5 Å². The third-order valence-electron chi connectivity index (χ3n) is 13.2. The van der Waals surface area contributed by atoms with Crippen LogP contribution in [0.15, 0.2) is 237 Å². The average molecular weight is 805 g/mol. The lowest BCUT2D eigenvalue weighted by Gasteiger charge is -2.43. The largest absolute Gasteiger partial charge is 0.332 e. The van der Waals surface area contributed by atoms with Crippen molar-refractivity contribution in [3.63, 3.8) is 0 Å². The Bertz CT molecular complexity index is 3590. The smallest absolute Gasteiger partial charge is 0.0648 e. The number of para-hydroxylation sites is 1. The Balaban J connectivity index is 1.03. The van der Waals surface area contributed by atoms with Crippen LogP contribution in [0, 0.1) is 0 Å². The molecule has 1 unspecified atom stereocenters. The lowest BCUT2D eigenvalue weighted by molar-refractivity contribution is 0.572. The predicted molar refractivity (Wildman–Crippen MR) is 269 cm³/mol. The lowest BCUT2D eigenvalue weighted by atomic mass is 9.83. The molecule has 0 saturated heterocycles. The fourth-order valence-electron chi connectivity index (χ4n) is 10.2. The summed E-state index contributed by atoms with van der Waals surface area (Å²) in [7, 11) is 0. The second-order valence-electron chi connectivity index (χ2n) is 17.2. The molecule has 12 rings (SSSR count). The number of rotatable bonds is 7. The maximum Gasteiger partial charge on any atom is 0.0648 e. The predicted octanol–water partition coefficient (Wildman–Crippen LogP) is 16.5. The first-order valence-electron chi connectivity index (χ1n) is 22.0. The molecule has 1 aliphatic carbocycles. The van der Waals surface area contributed by atoms with Gasteiger partial charge >= 0.3 is 0 Å². The van der Waals surface area contributed by atoms with Crippen molar-refractivity contribution in [2.45, 2.75) is 18.9 Å². The topological polar surface area (TPSA) is 8.17 Å². The molecule has 1 atom stereocenters. The minimum absolute atomic E-state index is 0.407. The molecule has 1 aromatic heterocycles.